The molecule has 0 radical (unpaired) electrons. The molecule has 0 unspecified atom stereocenters. The number of fused-ring (bicyclic) bond motifs is 1. The monoisotopic (exact) mass is 361 g/mol. The number of hydrogen-bond acceptors (Lipinski definition) is 2. The molecule has 26 heavy (non-hydrogen) atoms. The second kappa shape index (κ2) is 9.79. The van der Waals surface area contributed by atoms with Crippen LogP contribution in [-0.4, -0.2) is 42.5 Å². The van der Waals surface area contributed by atoms with Crippen molar-refractivity contribution in [3.8, 4) is 0 Å². The molecule has 0 fully saturated rings. The van der Waals surface area contributed by atoms with E-state index in [9.17, 15) is 9.18 Å². The van der Waals surface area contributed by atoms with Gasteiger partial charge in [0.05, 0.1) is 6.54 Å². The van der Waals surface area contributed by atoms with Crippen LogP contribution in [0.4, 0.5) is 4.39 Å². The van der Waals surface area contributed by atoms with Crippen LogP contribution in [0.25, 0.3) is 10.9 Å². The fourth-order valence-electron chi connectivity index (χ4n) is 2.69. The van der Waals surface area contributed by atoms with Crippen molar-refractivity contribution >= 4 is 22.8 Å². The summed E-state index contributed by atoms with van der Waals surface area (Å²) in [7, 11) is 0. The van der Waals surface area contributed by atoms with Crippen molar-refractivity contribution in [2.75, 3.05) is 19.6 Å². The molecule has 7 heteroatoms. The van der Waals surface area contributed by atoms with Gasteiger partial charge < -0.3 is 20.9 Å². The van der Waals surface area contributed by atoms with Crippen LogP contribution in [0.2, 0.25) is 0 Å². The Bertz CT molecular complexity index is 753. The van der Waals surface area contributed by atoms with Crippen LogP contribution in [0.1, 0.15) is 32.8 Å². The molecule has 4 N–H and O–H groups in total. The van der Waals surface area contributed by atoms with Crippen LogP contribution < -0.4 is 16.0 Å². The summed E-state index contributed by atoms with van der Waals surface area (Å²) < 4.78 is 13.2. The van der Waals surface area contributed by atoms with Crippen LogP contribution >= 0.6 is 0 Å². The molecular formula is C19H28FN5O. The van der Waals surface area contributed by atoms with Crippen molar-refractivity contribution in [2.45, 2.75) is 39.7 Å². The lowest BCUT2D eigenvalue weighted by atomic mass is 10.1. The Balaban J connectivity index is 1.85. The standard InChI is InChI=1S/C19H28FN5O/c1-4-21-19(23-10-8-18(26)25-13(2)3)22-9-7-14-12-24-17-11-15(20)5-6-16(14)17/h5-6,11-13,24H,4,7-10H2,1-3H3,(H,25,26)(H2,21,22,23). The third-order valence-corrected chi connectivity index (χ3v) is 3.82. The summed E-state index contributed by atoms with van der Waals surface area (Å²) in [6, 6.07) is 4.91. The number of H-pyrrole nitrogens is 1. The highest BCUT2D eigenvalue weighted by Gasteiger charge is 2.06. The number of guanidine groups is 1. The van der Waals surface area contributed by atoms with Gasteiger partial charge in [-0.1, -0.05) is 0 Å². The first kappa shape index (κ1) is 19.8. The van der Waals surface area contributed by atoms with Crippen molar-refractivity contribution in [1.82, 2.24) is 20.9 Å². The molecule has 6 nitrogen and oxygen atoms in total. The molecule has 2 rings (SSSR count). The summed E-state index contributed by atoms with van der Waals surface area (Å²) in [5, 5.41) is 10.3. The van der Waals surface area contributed by atoms with Crippen molar-refractivity contribution < 1.29 is 9.18 Å². The molecule has 0 aliphatic rings. The second-order valence-corrected chi connectivity index (χ2v) is 6.41. The minimum Gasteiger partial charge on any atom is -0.361 e. The topological polar surface area (TPSA) is 81.3 Å². The lowest BCUT2D eigenvalue weighted by molar-refractivity contribution is -0.121. The van der Waals surface area contributed by atoms with Gasteiger partial charge in [-0.3, -0.25) is 9.79 Å². The zero-order chi connectivity index (χ0) is 18.9. The summed E-state index contributed by atoms with van der Waals surface area (Å²) in [6.07, 6.45) is 3.05. The Morgan fingerprint density at radius 1 is 1.31 bits per heavy atom. The van der Waals surface area contributed by atoms with E-state index in [1.54, 1.807) is 6.07 Å². The molecule has 0 spiro atoms. The van der Waals surface area contributed by atoms with Gasteiger partial charge in [0.25, 0.3) is 0 Å². The molecule has 1 heterocycles. The van der Waals surface area contributed by atoms with Gasteiger partial charge in [0.1, 0.15) is 5.82 Å². The first-order valence-electron chi connectivity index (χ1n) is 9.06. The summed E-state index contributed by atoms with van der Waals surface area (Å²) in [4.78, 5) is 19.2. The van der Waals surface area contributed by atoms with Gasteiger partial charge in [-0.15, -0.1) is 0 Å². The fraction of sp³-hybridized carbons (Fsp3) is 0.474. The number of aromatic amines is 1. The van der Waals surface area contributed by atoms with E-state index in [0.29, 0.717) is 25.5 Å². The molecule has 0 saturated heterocycles. The smallest absolute Gasteiger partial charge is 0.222 e. The highest BCUT2D eigenvalue weighted by molar-refractivity contribution is 5.83. The Morgan fingerprint density at radius 2 is 2.12 bits per heavy atom. The molecule has 0 aliphatic heterocycles. The van der Waals surface area contributed by atoms with Gasteiger partial charge in [0, 0.05) is 42.7 Å². The highest BCUT2D eigenvalue weighted by atomic mass is 19.1. The zero-order valence-corrected chi connectivity index (χ0v) is 15.7. The lowest BCUT2D eigenvalue weighted by Gasteiger charge is -2.11. The molecule has 1 aromatic carbocycles. The quantitative estimate of drug-likeness (QED) is 0.430. The highest BCUT2D eigenvalue weighted by Crippen LogP contribution is 2.19. The van der Waals surface area contributed by atoms with Crippen LogP contribution in [0.15, 0.2) is 29.4 Å². The minimum atomic E-state index is -0.243. The fourth-order valence-corrected chi connectivity index (χ4v) is 2.69. The van der Waals surface area contributed by atoms with E-state index in [0.717, 1.165) is 29.4 Å². The molecular weight excluding hydrogens is 333 g/mol. The van der Waals surface area contributed by atoms with E-state index in [-0.39, 0.29) is 17.8 Å². The number of hydrogen-bond donors (Lipinski definition) is 4. The van der Waals surface area contributed by atoms with Gasteiger partial charge in [-0.2, -0.15) is 0 Å². The van der Waals surface area contributed by atoms with E-state index in [4.69, 9.17) is 0 Å². The van der Waals surface area contributed by atoms with Gasteiger partial charge >= 0.3 is 0 Å². The van der Waals surface area contributed by atoms with E-state index >= 15 is 0 Å². The van der Waals surface area contributed by atoms with Crippen LogP contribution in [-0.2, 0) is 11.2 Å². The summed E-state index contributed by atoms with van der Waals surface area (Å²) in [5.74, 6) is 0.452. The maximum atomic E-state index is 13.2. The zero-order valence-electron chi connectivity index (χ0n) is 15.7. The Morgan fingerprint density at radius 3 is 2.85 bits per heavy atom. The third-order valence-electron chi connectivity index (χ3n) is 3.82. The maximum Gasteiger partial charge on any atom is 0.222 e. The predicted octanol–water partition coefficient (Wildman–Crippen LogP) is 2.32. The molecule has 0 atom stereocenters. The first-order valence-corrected chi connectivity index (χ1v) is 9.06. The second-order valence-electron chi connectivity index (χ2n) is 6.41. The van der Waals surface area contributed by atoms with Gasteiger partial charge in [0.15, 0.2) is 5.96 Å². The average Bonchev–Trinajstić information content (AvgIpc) is 2.96. The molecule has 2 aromatic rings. The SMILES string of the molecule is CCNC(=NCCC(=O)NC(C)C)NCCc1c[nH]c2cc(F)ccc12. The van der Waals surface area contributed by atoms with E-state index in [1.165, 1.54) is 12.1 Å². The molecule has 0 aliphatic carbocycles. The number of carbonyl (C=O) groups is 1. The Hall–Kier alpha value is -2.57. The van der Waals surface area contributed by atoms with E-state index in [2.05, 4.69) is 25.9 Å². The molecule has 0 saturated carbocycles. The first-order chi connectivity index (χ1) is 12.5. The number of amides is 1. The third kappa shape index (κ3) is 6.06. The van der Waals surface area contributed by atoms with Crippen LogP contribution in [0.3, 0.4) is 0 Å². The maximum absolute atomic E-state index is 13.2. The number of halogens is 1. The van der Waals surface area contributed by atoms with Crippen molar-refractivity contribution in [2.24, 2.45) is 4.99 Å². The number of nitrogens with zero attached hydrogens (tertiary/aromatic N) is 1. The number of aromatic nitrogens is 1. The Kier molecular flexibility index (Phi) is 7.44. The molecule has 142 valence electrons. The molecule has 1 aromatic heterocycles. The van der Waals surface area contributed by atoms with Gasteiger partial charge in [-0.25, -0.2) is 4.39 Å². The van der Waals surface area contributed by atoms with Crippen LogP contribution in [0, 0.1) is 5.82 Å². The van der Waals surface area contributed by atoms with E-state index < -0.39 is 0 Å². The number of aliphatic imine (C=N–C) groups is 1. The minimum absolute atomic E-state index is 0.00521. The number of benzene rings is 1. The van der Waals surface area contributed by atoms with Gasteiger partial charge in [0.2, 0.25) is 5.91 Å². The number of nitrogens with one attached hydrogen (secondary N) is 4. The van der Waals surface area contributed by atoms with Crippen molar-refractivity contribution in [1.29, 1.82) is 0 Å². The van der Waals surface area contributed by atoms with Gasteiger partial charge in [-0.05, 0) is 51.0 Å². The summed E-state index contributed by atoms with van der Waals surface area (Å²) in [5.41, 5.74) is 1.93. The lowest BCUT2D eigenvalue weighted by Crippen LogP contribution is -2.38. The predicted molar refractivity (Wildman–Crippen MR) is 104 cm³/mol. The molecule has 1 amide bonds. The summed E-state index contributed by atoms with van der Waals surface area (Å²) in [6.45, 7) is 7.74. The van der Waals surface area contributed by atoms with E-state index in [1.807, 2.05) is 27.0 Å². The van der Waals surface area contributed by atoms with Crippen LogP contribution in [0.5, 0.6) is 0 Å². The number of carbonyl (C=O) groups excluding carboxylic acids is 1. The van der Waals surface area contributed by atoms with Crippen molar-refractivity contribution in [3.63, 3.8) is 0 Å². The van der Waals surface area contributed by atoms with Crippen molar-refractivity contribution in [3.05, 3.63) is 35.8 Å². The number of rotatable bonds is 8. The normalized spacial score (nSPS) is 11.8. The average molecular weight is 361 g/mol. The largest absolute Gasteiger partial charge is 0.361 e. The molecule has 0 bridgehead atoms. The Labute approximate surface area is 153 Å². The summed E-state index contributed by atoms with van der Waals surface area (Å²) >= 11 is 0.